The second-order valence-corrected chi connectivity index (χ2v) is 9.75. The SMILES string of the molecule is CCCCCCCCCCCCCCCCCCOc1ccc(S(=O)(=O)O)cc1N. The molecule has 3 N–H and O–H groups in total. The zero-order chi connectivity index (χ0) is 22.1. The van der Waals surface area contributed by atoms with Crippen LogP contribution in [0.1, 0.15) is 110 Å². The van der Waals surface area contributed by atoms with Gasteiger partial charge in [0.25, 0.3) is 10.1 Å². The van der Waals surface area contributed by atoms with Crippen molar-refractivity contribution in [2.24, 2.45) is 0 Å². The maximum absolute atomic E-state index is 11.1. The molecule has 0 unspecified atom stereocenters. The summed E-state index contributed by atoms with van der Waals surface area (Å²) in [5.41, 5.74) is 6.01. The average Bonchev–Trinajstić information content (AvgIpc) is 2.70. The topological polar surface area (TPSA) is 89.6 Å². The Balaban J connectivity index is 1.90. The minimum absolute atomic E-state index is 0.213. The molecule has 1 aromatic rings. The molecule has 30 heavy (non-hydrogen) atoms. The number of rotatable bonds is 19. The summed E-state index contributed by atoms with van der Waals surface area (Å²) >= 11 is 0. The number of anilines is 1. The van der Waals surface area contributed by atoms with Crippen LogP contribution in [-0.4, -0.2) is 19.6 Å². The van der Waals surface area contributed by atoms with E-state index in [1.54, 1.807) is 0 Å². The summed E-state index contributed by atoms with van der Waals surface area (Å²) in [5.74, 6) is 0.461. The maximum atomic E-state index is 11.1. The lowest BCUT2D eigenvalue weighted by molar-refractivity contribution is 0.305. The third-order valence-electron chi connectivity index (χ3n) is 5.53. The summed E-state index contributed by atoms with van der Waals surface area (Å²) in [6.45, 7) is 2.83. The first kappa shape index (κ1) is 26.8. The fourth-order valence-corrected chi connectivity index (χ4v) is 4.17. The molecule has 5 nitrogen and oxygen atoms in total. The fourth-order valence-electron chi connectivity index (χ4n) is 3.65. The van der Waals surface area contributed by atoms with Crippen molar-refractivity contribution in [1.29, 1.82) is 0 Å². The monoisotopic (exact) mass is 441 g/mol. The van der Waals surface area contributed by atoms with E-state index in [4.69, 9.17) is 15.0 Å². The molecular formula is C24H43NO4S. The van der Waals surface area contributed by atoms with Crippen molar-refractivity contribution < 1.29 is 17.7 Å². The maximum Gasteiger partial charge on any atom is 0.294 e. The van der Waals surface area contributed by atoms with E-state index in [-0.39, 0.29) is 10.6 Å². The van der Waals surface area contributed by atoms with E-state index in [0.29, 0.717) is 12.4 Å². The Morgan fingerprint density at radius 1 is 0.767 bits per heavy atom. The summed E-state index contributed by atoms with van der Waals surface area (Å²) < 4.78 is 36.8. The van der Waals surface area contributed by atoms with Crippen LogP contribution >= 0.6 is 0 Å². The quantitative estimate of drug-likeness (QED) is 0.135. The minimum Gasteiger partial charge on any atom is -0.491 e. The van der Waals surface area contributed by atoms with Gasteiger partial charge in [0, 0.05) is 0 Å². The van der Waals surface area contributed by atoms with Crippen LogP contribution in [0.15, 0.2) is 23.1 Å². The van der Waals surface area contributed by atoms with Gasteiger partial charge >= 0.3 is 0 Å². The van der Waals surface area contributed by atoms with E-state index in [1.165, 1.54) is 108 Å². The molecule has 0 radical (unpaired) electrons. The molecule has 0 aliphatic rings. The Labute approximate surface area is 184 Å². The van der Waals surface area contributed by atoms with Gasteiger partial charge in [0.05, 0.1) is 17.2 Å². The van der Waals surface area contributed by atoms with Gasteiger partial charge in [0.1, 0.15) is 5.75 Å². The van der Waals surface area contributed by atoms with Crippen LogP contribution in [0.3, 0.4) is 0 Å². The van der Waals surface area contributed by atoms with Crippen LogP contribution in [0, 0.1) is 0 Å². The van der Waals surface area contributed by atoms with Crippen molar-refractivity contribution in [3.05, 3.63) is 18.2 Å². The number of unbranched alkanes of at least 4 members (excludes halogenated alkanes) is 15. The van der Waals surface area contributed by atoms with Crippen LogP contribution in [-0.2, 0) is 10.1 Å². The molecular weight excluding hydrogens is 398 g/mol. The highest BCUT2D eigenvalue weighted by Gasteiger charge is 2.11. The zero-order valence-corrected chi connectivity index (χ0v) is 19.7. The Morgan fingerprint density at radius 3 is 1.60 bits per heavy atom. The predicted molar refractivity (Wildman–Crippen MR) is 126 cm³/mol. The molecule has 0 atom stereocenters. The van der Waals surface area contributed by atoms with Gasteiger partial charge in [0.15, 0.2) is 0 Å². The smallest absolute Gasteiger partial charge is 0.294 e. The van der Waals surface area contributed by atoms with Gasteiger partial charge in [0.2, 0.25) is 0 Å². The fraction of sp³-hybridized carbons (Fsp3) is 0.750. The Morgan fingerprint density at radius 2 is 1.20 bits per heavy atom. The van der Waals surface area contributed by atoms with Gasteiger partial charge in [-0.1, -0.05) is 103 Å². The molecule has 0 saturated carbocycles. The van der Waals surface area contributed by atoms with Gasteiger partial charge in [-0.25, -0.2) is 0 Å². The highest BCUT2D eigenvalue weighted by Crippen LogP contribution is 2.25. The summed E-state index contributed by atoms with van der Waals surface area (Å²) in [5, 5.41) is 0. The lowest BCUT2D eigenvalue weighted by atomic mass is 10.0. The normalized spacial score (nSPS) is 11.7. The van der Waals surface area contributed by atoms with E-state index in [9.17, 15) is 8.42 Å². The van der Waals surface area contributed by atoms with Crippen LogP contribution in [0.2, 0.25) is 0 Å². The number of benzene rings is 1. The zero-order valence-electron chi connectivity index (χ0n) is 18.9. The highest BCUT2D eigenvalue weighted by atomic mass is 32.2. The van der Waals surface area contributed by atoms with Crippen molar-refractivity contribution >= 4 is 15.8 Å². The molecule has 6 heteroatoms. The number of hydrogen-bond donors (Lipinski definition) is 2. The summed E-state index contributed by atoms with van der Waals surface area (Å²) in [6, 6.07) is 4.01. The first-order valence-electron chi connectivity index (χ1n) is 11.9. The van der Waals surface area contributed by atoms with Crippen LogP contribution in [0.5, 0.6) is 5.75 Å². The third-order valence-corrected chi connectivity index (χ3v) is 6.38. The van der Waals surface area contributed by atoms with Crippen LogP contribution in [0.4, 0.5) is 5.69 Å². The second-order valence-electron chi connectivity index (χ2n) is 8.33. The van der Waals surface area contributed by atoms with E-state index >= 15 is 0 Å². The molecule has 1 rings (SSSR count). The predicted octanol–water partition coefficient (Wildman–Crippen LogP) is 7.16. The van der Waals surface area contributed by atoms with E-state index in [1.807, 2.05) is 0 Å². The van der Waals surface area contributed by atoms with Crippen LogP contribution < -0.4 is 10.5 Å². The molecule has 0 saturated heterocycles. The van der Waals surface area contributed by atoms with Crippen molar-refractivity contribution in [3.8, 4) is 5.75 Å². The molecule has 1 aromatic carbocycles. The summed E-state index contributed by atoms with van der Waals surface area (Å²) in [4.78, 5) is -0.213. The van der Waals surface area contributed by atoms with E-state index < -0.39 is 10.1 Å². The average molecular weight is 442 g/mol. The van der Waals surface area contributed by atoms with Crippen molar-refractivity contribution in [2.75, 3.05) is 12.3 Å². The molecule has 0 heterocycles. The molecule has 0 spiro atoms. The van der Waals surface area contributed by atoms with E-state index in [0.717, 1.165) is 12.8 Å². The molecule has 0 bridgehead atoms. The number of ether oxygens (including phenoxy) is 1. The van der Waals surface area contributed by atoms with Crippen molar-refractivity contribution in [3.63, 3.8) is 0 Å². The van der Waals surface area contributed by atoms with Gasteiger partial charge in [-0.05, 0) is 24.6 Å². The molecule has 0 aromatic heterocycles. The number of hydrogen-bond acceptors (Lipinski definition) is 4. The van der Waals surface area contributed by atoms with E-state index in [2.05, 4.69) is 6.92 Å². The van der Waals surface area contributed by atoms with Gasteiger partial charge in [-0.3, -0.25) is 4.55 Å². The molecule has 0 amide bonds. The lowest BCUT2D eigenvalue weighted by Crippen LogP contribution is -2.03. The first-order chi connectivity index (χ1) is 14.4. The molecule has 0 aliphatic heterocycles. The summed E-state index contributed by atoms with van der Waals surface area (Å²) in [6.07, 6.45) is 21.2. The second kappa shape index (κ2) is 16.4. The van der Waals surface area contributed by atoms with Crippen molar-refractivity contribution in [2.45, 2.75) is 115 Å². The van der Waals surface area contributed by atoms with Gasteiger partial charge in [-0.2, -0.15) is 8.42 Å². The Bertz CT molecular complexity index is 661. The first-order valence-corrected chi connectivity index (χ1v) is 13.4. The standard InChI is InChI=1S/C24H43NO4S/c1-2-3-4-5-6-7-8-9-10-11-12-13-14-15-16-17-20-29-24-19-18-22(21-23(24)25)30(26,27)28/h18-19,21H,2-17,20,25H2,1H3,(H,26,27,28). The van der Waals surface area contributed by atoms with Crippen LogP contribution in [0.25, 0.3) is 0 Å². The van der Waals surface area contributed by atoms with Gasteiger partial charge in [-0.15, -0.1) is 0 Å². The van der Waals surface area contributed by atoms with Gasteiger partial charge < -0.3 is 10.5 Å². The largest absolute Gasteiger partial charge is 0.491 e. The molecule has 174 valence electrons. The highest BCUT2D eigenvalue weighted by molar-refractivity contribution is 7.85. The number of nitrogen functional groups attached to an aromatic ring is 1. The molecule has 0 aliphatic carbocycles. The minimum atomic E-state index is -4.23. The number of nitrogens with two attached hydrogens (primary N) is 1. The Hall–Kier alpha value is -1.27. The third kappa shape index (κ3) is 13.1. The Kier molecular flexibility index (Phi) is 14.7. The van der Waals surface area contributed by atoms with Crippen molar-refractivity contribution in [1.82, 2.24) is 0 Å². The molecule has 0 fully saturated rings. The lowest BCUT2D eigenvalue weighted by Gasteiger charge is -2.09. The summed E-state index contributed by atoms with van der Waals surface area (Å²) in [7, 11) is -4.23.